The van der Waals surface area contributed by atoms with Gasteiger partial charge in [-0.2, -0.15) is 0 Å². The summed E-state index contributed by atoms with van der Waals surface area (Å²) in [5.41, 5.74) is 1.49. The molecule has 1 heterocycles. The monoisotopic (exact) mass is 300 g/mol. The van der Waals surface area contributed by atoms with Gasteiger partial charge in [0.1, 0.15) is 0 Å². The maximum atomic E-state index is 12.0. The third kappa shape index (κ3) is 3.59. The molecule has 0 aliphatic rings. The van der Waals surface area contributed by atoms with Gasteiger partial charge in [0.25, 0.3) is 0 Å². The lowest BCUT2D eigenvalue weighted by atomic mass is 10.1. The second-order valence-corrected chi connectivity index (χ2v) is 6.58. The van der Waals surface area contributed by atoms with Crippen LogP contribution in [0.25, 0.3) is 10.9 Å². The highest BCUT2D eigenvalue weighted by molar-refractivity contribution is 7.88. The van der Waals surface area contributed by atoms with Crippen LogP contribution in [0.4, 0.5) is 0 Å². The first-order chi connectivity index (χ1) is 11.3. The molecule has 110 valence electrons. The first-order valence-electron chi connectivity index (χ1n) is 8.56. The molecule has 1 aromatic heterocycles. The SMILES string of the molecule is [2H]C([2H])([2H])NS(=O)(=O)Cc1ccc2[nH]cc(C([2H])([2H])CN(C)C)c2c1. The molecule has 2 aromatic rings. The third-order valence-corrected chi connectivity index (χ3v) is 3.87. The average Bonchev–Trinajstić information content (AvgIpc) is 2.76. The number of aromatic amines is 1. The van der Waals surface area contributed by atoms with E-state index in [2.05, 4.69) is 4.98 Å². The Bertz CT molecular complexity index is 859. The van der Waals surface area contributed by atoms with Gasteiger partial charge in [-0.1, -0.05) is 6.07 Å². The fourth-order valence-corrected chi connectivity index (χ4v) is 2.59. The molecular formula is C14H21N3O2S. The van der Waals surface area contributed by atoms with Crippen molar-refractivity contribution in [2.45, 2.75) is 12.1 Å². The summed E-state index contributed by atoms with van der Waals surface area (Å²) in [6.45, 7) is -2.62. The molecule has 0 bridgehead atoms. The van der Waals surface area contributed by atoms with Crippen LogP contribution in [0.15, 0.2) is 24.4 Å². The fraction of sp³-hybridized carbons (Fsp3) is 0.429. The summed E-state index contributed by atoms with van der Waals surface area (Å²) in [6.07, 6.45) is -0.0523. The summed E-state index contributed by atoms with van der Waals surface area (Å²) in [5.74, 6) is -0.497. The van der Waals surface area contributed by atoms with E-state index in [0.29, 0.717) is 22.0 Å². The normalized spacial score (nSPS) is 17.4. The zero-order chi connectivity index (χ0) is 19.0. The minimum Gasteiger partial charge on any atom is -0.361 e. The maximum absolute atomic E-state index is 12.0. The number of rotatable bonds is 6. The summed E-state index contributed by atoms with van der Waals surface area (Å²) in [4.78, 5) is 4.71. The van der Waals surface area contributed by atoms with E-state index >= 15 is 0 Å². The number of likely N-dealkylation sites (N-methyl/N-ethyl adjacent to an activating group) is 1. The van der Waals surface area contributed by atoms with E-state index in [1.54, 1.807) is 48.1 Å². The van der Waals surface area contributed by atoms with E-state index in [0.717, 1.165) is 0 Å². The summed E-state index contributed by atoms with van der Waals surface area (Å²) >= 11 is 0. The molecule has 20 heavy (non-hydrogen) atoms. The lowest BCUT2D eigenvalue weighted by Crippen LogP contribution is -2.20. The number of hydrogen-bond donors (Lipinski definition) is 2. The van der Waals surface area contributed by atoms with Gasteiger partial charge in [0.05, 0.1) is 5.75 Å². The van der Waals surface area contributed by atoms with Gasteiger partial charge in [0.15, 0.2) is 0 Å². The minimum atomic E-state index is -4.04. The van der Waals surface area contributed by atoms with Gasteiger partial charge in [-0.25, -0.2) is 13.1 Å². The van der Waals surface area contributed by atoms with E-state index in [9.17, 15) is 8.42 Å². The van der Waals surface area contributed by atoms with E-state index in [1.807, 2.05) is 0 Å². The quantitative estimate of drug-likeness (QED) is 0.845. The Labute approximate surface area is 127 Å². The van der Waals surface area contributed by atoms with Crippen LogP contribution in [0.3, 0.4) is 0 Å². The Kier molecular flexibility index (Phi) is 2.84. The highest BCUT2D eigenvalue weighted by atomic mass is 32.2. The minimum absolute atomic E-state index is 0.170. The topological polar surface area (TPSA) is 65.2 Å². The highest BCUT2D eigenvalue weighted by Gasteiger charge is 2.11. The molecule has 2 rings (SSSR count). The Morgan fingerprint density at radius 3 is 2.95 bits per heavy atom. The summed E-state index contributed by atoms with van der Waals surface area (Å²) in [7, 11) is -0.498. The van der Waals surface area contributed by atoms with Crippen LogP contribution in [-0.2, 0) is 22.1 Å². The van der Waals surface area contributed by atoms with Gasteiger partial charge in [0.2, 0.25) is 10.0 Å². The lowest BCUT2D eigenvalue weighted by Gasteiger charge is -2.08. The van der Waals surface area contributed by atoms with Crippen LogP contribution in [0.1, 0.15) is 18.0 Å². The number of aromatic nitrogens is 1. The predicted octanol–water partition coefficient (Wildman–Crippen LogP) is 1.32. The third-order valence-electron chi connectivity index (χ3n) is 2.84. The molecule has 2 N–H and O–H groups in total. The molecule has 0 saturated heterocycles. The Morgan fingerprint density at radius 1 is 1.45 bits per heavy atom. The van der Waals surface area contributed by atoms with Gasteiger partial charge >= 0.3 is 0 Å². The van der Waals surface area contributed by atoms with Crippen molar-refractivity contribution in [3.05, 3.63) is 35.5 Å². The van der Waals surface area contributed by atoms with E-state index < -0.39 is 29.1 Å². The predicted molar refractivity (Wildman–Crippen MR) is 82.2 cm³/mol. The van der Waals surface area contributed by atoms with Crippen molar-refractivity contribution >= 4 is 20.9 Å². The van der Waals surface area contributed by atoms with Crippen molar-refractivity contribution in [1.82, 2.24) is 14.6 Å². The van der Waals surface area contributed by atoms with Crippen molar-refractivity contribution in [2.75, 3.05) is 27.6 Å². The second kappa shape index (κ2) is 5.95. The van der Waals surface area contributed by atoms with E-state index in [4.69, 9.17) is 6.85 Å². The van der Waals surface area contributed by atoms with Crippen molar-refractivity contribution < 1.29 is 15.3 Å². The summed E-state index contributed by atoms with van der Waals surface area (Å²) in [5, 5.41) is 0.577. The number of nitrogens with zero attached hydrogens (tertiary/aromatic N) is 1. The first-order valence-corrected chi connectivity index (χ1v) is 7.71. The van der Waals surface area contributed by atoms with Crippen LogP contribution in [0, 0.1) is 0 Å². The van der Waals surface area contributed by atoms with Crippen LogP contribution < -0.4 is 4.72 Å². The molecule has 0 amide bonds. The molecule has 0 aliphatic heterocycles. The molecule has 5 nitrogen and oxygen atoms in total. The van der Waals surface area contributed by atoms with Crippen molar-refractivity contribution in [2.24, 2.45) is 0 Å². The number of nitrogens with one attached hydrogen (secondary N) is 2. The van der Waals surface area contributed by atoms with Crippen molar-refractivity contribution in [1.29, 1.82) is 0 Å². The van der Waals surface area contributed by atoms with Gasteiger partial charge in [-0.05, 0) is 50.7 Å². The van der Waals surface area contributed by atoms with E-state index in [-0.39, 0.29) is 6.54 Å². The lowest BCUT2D eigenvalue weighted by molar-refractivity contribution is 0.414. The summed E-state index contributed by atoms with van der Waals surface area (Å²) < 4.78 is 63.2. The molecule has 6 heteroatoms. The second-order valence-electron chi connectivity index (χ2n) is 4.86. The number of hydrogen-bond acceptors (Lipinski definition) is 3. The molecule has 0 spiro atoms. The van der Waals surface area contributed by atoms with Crippen molar-refractivity contribution in [3.8, 4) is 0 Å². The molecule has 0 fully saturated rings. The van der Waals surface area contributed by atoms with Gasteiger partial charge < -0.3 is 9.88 Å². The zero-order valence-electron chi connectivity index (χ0n) is 16.4. The Morgan fingerprint density at radius 2 is 2.25 bits per heavy atom. The van der Waals surface area contributed by atoms with Crippen LogP contribution in [0.5, 0.6) is 0 Å². The van der Waals surface area contributed by atoms with Gasteiger partial charge in [-0.15, -0.1) is 0 Å². The standard InChI is InChI=1S/C14H21N3O2S/c1-15-20(18,19)10-11-4-5-14-13(8-11)12(9-16-14)6-7-17(2)3/h4-5,8-9,15-16H,6-7,10H2,1-3H3/i1D3,6D2. The van der Waals surface area contributed by atoms with Gasteiger partial charge in [0, 0.05) is 30.5 Å². The molecular weight excluding hydrogens is 274 g/mol. The van der Waals surface area contributed by atoms with Crippen LogP contribution in [-0.4, -0.2) is 45.9 Å². The average molecular weight is 300 g/mol. The largest absolute Gasteiger partial charge is 0.361 e. The molecule has 0 unspecified atom stereocenters. The van der Waals surface area contributed by atoms with E-state index in [1.165, 1.54) is 0 Å². The van der Waals surface area contributed by atoms with Crippen molar-refractivity contribution in [3.63, 3.8) is 0 Å². The van der Waals surface area contributed by atoms with Gasteiger partial charge in [-0.3, -0.25) is 0 Å². The molecule has 0 atom stereocenters. The van der Waals surface area contributed by atoms with Crippen LogP contribution >= 0.6 is 0 Å². The first kappa shape index (κ1) is 9.55. The molecule has 0 aliphatic carbocycles. The maximum Gasteiger partial charge on any atom is 0.215 e. The number of sulfonamides is 1. The number of benzene rings is 1. The fourth-order valence-electron chi connectivity index (χ4n) is 1.90. The molecule has 0 saturated carbocycles. The number of fused-ring (bicyclic) bond motifs is 1. The zero-order valence-corrected chi connectivity index (χ0v) is 12.2. The highest BCUT2D eigenvalue weighted by Crippen LogP contribution is 2.21. The summed E-state index contributed by atoms with van der Waals surface area (Å²) in [6, 6.07) is 4.81. The smallest absolute Gasteiger partial charge is 0.215 e. The Balaban J connectivity index is 2.38. The van der Waals surface area contributed by atoms with Crippen LogP contribution in [0.2, 0.25) is 0 Å². The number of H-pyrrole nitrogens is 1. The Hall–Kier alpha value is -1.37. The molecule has 0 radical (unpaired) electrons. The molecule has 1 aromatic carbocycles.